The minimum atomic E-state index is -0.392. The van der Waals surface area contributed by atoms with E-state index >= 15 is 0 Å². The van der Waals surface area contributed by atoms with E-state index in [1.807, 2.05) is 30.3 Å². The summed E-state index contributed by atoms with van der Waals surface area (Å²) in [5, 5.41) is 14.8. The molecule has 1 rings (SSSR count). The molecule has 0 aromatic heterocycles. The second-order valence-electron chi connectivity index (χ2n) is 6.04. The molecule has 0 aliphatic carbocycles. The molecule has 22 heavy (non-hydrogen) atoms. The van der Waals surface area contributed by atoms with Crippen LogP contribution in [0.4, 0.5) is 5.69 Å². The summed E-state index contributed by atoms with van der Waals surface area (Å²) in [6, 6.07) is 9.60. The predicted molar refractivity (Wildman–Crippen MR) is 90.3 cm³/mol. The minimum absolute atomic E-state index is 0.0803. The first-order valence-corrected chi connectivity index (χ1v) is 7.69. The maximum Gasteiger partial charge on any atom is 0.267 e. The molecular formula is C18H25N3O. The predicted octanol–water partition coefficient (Wildman–Crippen LogP) is 3.79. The van der Waals surface area contributed by atoms with Gasteiger partial charge in [-0.1, -0.05) is 39.8 Å². The molecule has 0 spiro atoms. The third kappa shape index (κ3) is 6.01. The van der Waals surface area contributed by atoms with Gasteiger partial charge in [0.05, 0.1) is 0 Å². The molecule has 118 valence electrons. The highest BCUT2D eigenvalue weighted by molar-refractivity contribution is 6.06. The van der Waals surface area contributed by atoms with E-state index in [1.54, 1.807) is 0 Å². The van der Waals surface area contributed by atoms with E-state index in [2.05, 4.69) is 38.3 Å². The van der Waals surface area contributed by atoms with Gasteiger partial charge < -0.3 is 10.6 Å². The van der Waals surface area contributed by atoms with Gasteiger partial charge in [-0.25, -0.2) is 0 Å². The summed E-state index contributed by atoms with van der Waals surface area (Å²) in [7, 11) is 0. The van der Waals surface area contributed by atoms with E-state index in [0.717, 1.165) is 13.0 Å². The fourth-order valence-corrected chi connectivity index (χ4v) is 1.84. The van der Waals surface area contributed by atoms with Crippen LogP contribution in [0.2, 0.25) is 0 Å². The normalized spacial score (nSPS) is 11.4. The second-order valence-corrected chi connectivity index (χ2v) is 6.04. The quantitative estimate of drug-likeness (QED) is 0.457. The van der Waals surface area contributed by atoms with E-state index < -0.39 is 5.91 Å². The van der Waals surface area contributed by atoms with Gasteiger partial charge in [-0.15, -0.1) is 0 Å². The zero-order chi connectivity index (χ0) is 16.5. The Balaban J connectivity index is 2.61. The summed E-state index contributed by atoms with van der Waals surface area (Å²) in [5.41, 5.74) is 1.99. The van der Waals surface area contributed by atoms with Crippen molar-refractivity contribution in [1.82, 2.24) is 5.32 Å². The number of nitrogens with zero attached hydrogens (tertiary/aromatic N) is 1. The summed E-state index contributed by atoms with van der Waals surface area (Å²) in [4.78, 5) is 12.0. The standard InChI is InChI=1S/C18H25N3O/c1-13(2)9-10-20-12-16(11-19)18(22)21-17-7-5-15(6-8-17)14(3)4/h5-8,12-14,20H,9-10H2,1-4H3,(H,21,22)/b16-12-. The number of benzene rings is 1. The molecule has 0 saturated heterocycles. The molecule has 1 aromatic carbocycles. The molecule has 0 bridgehead atoms. The van der Waals surface area contributed by atoms with Crippen LogP contribution in [0, 0.1) is 17.2 Å². The van der Waals surface area contributed by atoms with Gasteiger partial charge in [-0.3, -0.25) is 4.79 Å². The maximum absolute atomic E-state index is 12.0. The number of anilines is 1. The van der Waals surface area contributed by atoms with Crippen molar-refractivity contribution in [3.63, 3.8) is 0 Å². The van der Waals surface area contributed by atoms with Gasteiger partial charge >= 0.3 is 0 Å². The van der Waals surface area contributed by atoms with Crippen molar-refractivity contribution in [3.8, 4) is 6.07 Å². The van der Waals surface area contributed by atoms with Gasteiger partial charge in [-0.2, -0.15) is 5.26 Å². The molecule has 0 unspecified atom stereocenters. The van der Waals surface area contributed by atoms with Crippen molar-refractivity contribution in [2.45, 2.75) is 40.0 Å². The highest BCUT2D eigenvalue weighted by Gasteiger charge is 2.09. The van der Waals surface area contributed by atoms with Crippen LogP contribution in [0.1, 0.15) is 45.6 Å². The van der Waals surface area contributed by atoms with Crippen molar-refractivity contribution in [1.29, 1.82) is 5.26 Å². The average molecular weight is 299 g/mol. The van der Waals surface area contributed by atoms with Gasteiger partial charge in [0.1, 0.15) is 11.6 Å². The Labute approximate surface area is 133 Å². The summed E-state index contributed by atoms with van der Waals surface area (Å²) in [5.74, 6) is 0.640. The molecule has 4 nitrogen and oxygen atoms in total. The highest BCUT2D eigenvalue weighted by Crippen LogP contribution is 2.17. The van der Waals surface area contributed by atoms with Crippen molar-refractivity contribution in [3.05, 3.63) is 41.6 Å². The van der Waals surface area contributed by atoms with Crippen LogP contribution >= 0.6 is 0 Å². The number of amides is 1. The monoisotopic (exact) mass is 299 g/mol. The molecule has 1 amide bonds. The average Bonchev–Trinajstić information content (AvgIpc) is 2.47. The zero-order valence-corrected chi connectivity index (χ0v) is 13.8. The van der Waals surface area contributed by atoms with Crippen LogP contribution in [0.5, 0.6) is 0 Å². The molecule has 0 heterocycles. The Bertz CT molecular complexity index is 551. The first-order chi connectivity index (χ1) is 10.4. The smallest absolute Gasteiger partial charge is 0.267 e. The van der Waals surface area contributed by atoms with Gasteiger partial charge in [0.25, 0.3) is 5.91 Å². The topological polar surface area (TPSA) is 64.9 Å². The Morgan fingerprint density at radius 3 is 2.36 bits per heavy atom. The Morgan fingerprint density at radius 1 is 1.23 bits per heavy atom. The van der Waals surface area contributed by atoms with Crippen LogP contribution in [0.15, 0.2) is 36.0 Å². The van der Waals surface area contributed by atoms with Crippen LogP contribution in [0.25, 0.3) is 0 Å². The number of carbonyl (C=O) groups excluding carboxylic acids is 1. The first-order valence-electron chi connectivity index (χ1n) is 7.69. The van der Waals surface area contributed by atoms with Crippen LogP contribution in [-0.2, 0) is 4.79 Å². The number of carbonyl (C=O) groups is 1. The first kappa shape index (κ1) is 17.8. The minimum Gasteiger partial charge on any atom is -0.390 e. The number of hydrogen-bond acceptors (Lipinski definition) is 3. The SMILES string of the molecule is CC(C)CCN/C=C(/C#N)C(=O)Nc1ccc(C(C)C)cc1. The summed E-state index contributed by atoms with van der Waals surface area (Å²) < 4.78 is 0. The van der Waals surface area contributed by atoms with Crippen molar-refractivity contribution in [2.24, 2.45) is 5.92 Å². The largest absolute Gasteiger partial charge is 0.390 e. The van der Waals surface area contributed by atoms with Gasteiger partial charge in [0.15, 0.2) is 0 Å². The summed E-state index contributed by atoms with van der Waals surface area (Å²) in [6.45, 7) is 9.24. The van der Waals surface area contributed by atoms with E-state index in [4.69, 9.17) is 5.26 Å². The lowest BCUT2D eigenvalue weighted by atomic mass is 10.0. The number of rotatable bonds is 7. The summed E-state index contributed by atoms with van der Waals surface area (Å²) in [6.07, 6.45) is 2.48. The Kier molecular flexibility index (Phi) is 7.18. The van der Waals surface area contributed by atoms with Gasteiger partial charge in [-0.05, 0) is 36.0 Å². The van der Waals surface area contributed by atoms with Crippen LogP contribution in [-0.4, -0.2) is 12.5 Å². The van der Waals surface area contributed by atoms with E-state index in [1.165, 1.54) is 11.8 Å². The molecule has 0 saturated carbocycles. The van der Waals surface area contributed by atoms with Gasteiger partial charge in [0, 0.05) is 18.4 Å². The molecule has 0 atom stereocenters. The van der Waals surface area contributed by atoms with Crippen LogP contribution < -0.4 is 10.6 Å². The summed E-state index contributed by atoms with van der Waals surface area (Å²) >= 11 is 0. The van der Waals surface area contributed by atoms with Gasteiger partial charge in [0.2, 0.25) is 0 Å². The molecule has 1 aromatic rings. The molecular weight excluding hydrogens is 274 g/mol. The highest BCUT2D eigenvalue weighted by atomic mass is 16.1. The lowest BCUT2D eigenvalue weighted by Crippen LogP contribution is -2.17. The maximum atomic E-state index is 12.0. The molecule has 0 aliphatic rings. The van der Waals surface area contributed by atoms with Crippen LogP contribution in [0.3, 0.4) is 0 Å². The number of nitriles is 1. The fraction of sp³-hybridized carbons (Fsp3) is 0.444. The molecule has 0 fully saturated rings. The molecule has 4 heteroatoms. The van der Waals surface area contributed by atoms with Crippen molar-refractivity contribution in [2.75, 3.05) is 11.9 Å². The zero-order valence-electron chi connectivity index (χ0n) is 13.8. The lowest BCUT2D eigenvalue weighted by molar-refractivity contribution is -0.112. The van der Waals surface area contributed by atoms with E-state index in [9.17, 15) is 4.79 Å². The third-order valence-electron chi connectivity index (χ3n) is 3.31. The Morgan fingerprint density at radius 2 is 1.86 bits per heavy atom. The molecule has 0 radical (unpaired) electrons. The number of nitrogens with one attached hydrogen (secondary N) is 2. The van der Waals surface area contributed by atoms with E-state index in [0.29, 0.717) is 17.5 Å². The van der Waals surface area contributed by atoms with Crippen molar-refractivity contribution < 1.29 is 4.79 Å². The molecule has 0 aliphatic heterocycles. The molecule has 2 N–H and O–H groups in total. The second kappa shape index (κ2) is 8.89. The van der Waals surface area contributed by atoms with Crippen molar-refractivity contribution >= 4 is 11.6 Å². The number of hydrogen-bond donors (Lipinski definition) is 2. The Hall–Kier alpha value is -2.28. The fourth-order valence-electron chi connectivity index (χ4n) is 1.84. The third-order valence-corrected chi connectivity index (χ3v) is 3.31. The lowest BCUT2D eigenvalue weighted by Gasteiger charge is -2.08. The van der Waals surface area contributed by atoms with E-state index in [-0.39, 0.29) is 5.57 Å².